The van der Waals surface area contributed by atoms with E-state index >= 15 is 0 Å². The van der Waals surface area contributed by atoms with E-state index in [0.717, 1.165) is 25.2 Å². The third kappa shape index (κ3) is 3.37. The Kier molecular flexibility index (Phi) is 4.54. The maximum Gasteiger partial charge on any atom is 0.307 e. The molecule has 0 amide bonds. The Morgan fingerprint density at radius 2 is 1.68 bits per heavy atom. The molecule has 2 aromatic carbocycles. The molecule has 0 saturated carbocycles. The van der Waals surface area contributed by atoms with Gasteiger partial charge in [-0.1, -0.05) is 60.7 Å². The van der Waals surface area contributed by atoms with Gasteiger partial charge >= 0.3 is 5.97 Å². The molecule has 0 radical (unpaired) electrons. The van der Waals surface area contributed by atoms with Crippen LogP contribution in [0.1, 0.15) is 23.5 Å². The quantitative estimate of drug-likeness (QED) is 0.940. The topological polar surface area (TPSA) is 40.5 Å². The van der Waals surface area contributed by atoms with E-state index in [2.05, 4.69) is 17.0 Å². The third-order valence-corrected chi connectivity index (χ3v) is 4.49. The van der Waals surface area contributed by atoms with Gasteiger partial charge in [0.1, 0.15) is 0 Å². The number of carboxylic acids is 1. The van der Waals surface area contributed by atoms with Gasteiger partial charge in [0.15, 0.2) is 0 Å². The van der Waals surface area contributed by atoms with Crippen molar-refractivity contribution in [1.29, 1.82) is 0 Å². The lowest BCUT2D eigenvalue weighted by Crippen LogP contribution is -2.41. The lowest BCUT2D eigenvalue weighted by molar-refractivity contribution is -0.144. The summed E-state index contributed by atoms with van der Waals surface area (Å²) in [6, 6.07) is 20.4. The highest BCUT2D eigenvalue weighted by molar-refractivity contribution is 5.71. The van der Waals surface area contributed by atoms with E-state index in [9.17, 15) is 9.90 Å². The molecule has 3 rings (SSSR count). The predicted molar refractivity (Wildman–Crippen MR) is 86.6 cm³/mol. The number of rotatable bonds is 4. The predicted octanol–water partition coefficient (Wildman–Crippen LogP) is 3.38. The maximum atomic E-state index is 11.6. The van der Waals surface area contributed by atoms with Gasteiger partial charge < -0.3 is 5.11 Å². The molecule has 1 heterocycles. The highest BCUT2D eigenvalue weighted by atomic mass is 16.4. The fourth-order valence-corrected chi connectivity index (χ4v) is 3.34. The molecule has 2 aromatic rings. The zero-order valence-corrected chi connectivity index (χ0v) is 12.6. The molecule has 3 heteroatoms. The van der Waals surface area contributed by atoms with E-state index in [-0.39, 0.29) is 11.8 Å². The van der Waals surface area contributed by atoms with E-state index in [4.69, 9.17) is 0 Å². The van der Waals surface area contributed by atoms with Crippen LogP contribution in [0.3, 0.4) is 0 Å². The molecule has 0 aromatic heterocycles. The van der Waals surface area contributed by atoms with Gasteiger partial charge in [0.2, 0.25) is 0 Å². The van der Waals surface area contributed by atoms with Gasteiger partial charge in [-0.3, -0.25) is 9.69 Å². The van der Waals surface area contributed by atoms with Crippen LogP contribution in [-0.4, -0.2) is 29.1 Å². The van der Waals surface area contributed by atoms with Crippen molar-refractivity contribution in [2.24, 2.45) is 5.92 Å². The second-order valence-corrected chi connectivity index (χ2v) is 5.97. The molecule has 0 aliphatic carbocycles. The summed E-state index contributed by atoms with van der Waals surface area (Å²) in [7, 11) is 0. The Labute approximate surface area is 131 Å². The van der Waals surface area contributed by atoms with Crippen LogP contribution in [0.15, 0.2) is 60.7 Å². The first-order valence-electron chi connectivity index (χ1n) is 7.78. The minimum Gasteiger partial charge on any atom is -0.481 e. The number of benzene rings is 2. The van der Waals surface area contributed by atoms with E-state index in [1.54, 1.807) is 0 Å². The summed E-state index contributed by atoms with van der Waals surface area (Å²) in [6.07, 6.45) is 0.710. The first-order chi connectivity index (χ1) is 10.7. The van der Waals surface area contributed by atoms with Crippen LogP contribution in [0.2, 0.25) is 0 Å². The average Bonchev–Trinajstić information content (AvgIpc) is 2.56. The smallest absolute Gasteiger partial charge is 0.307 e. The lowest BCUT2D eigenvalue weighted by atomic mass is 9.80. The number of hydrogen-bond donors (Lipinski definition) is 1. The summed E-state index contributed by atoms with van der Waals surface area (Å²) in [5, 5.41) is 9.53. The van der Waals surface area contributed by atoms with E-state index in [1.807, 2.05) is 48.5 Å². The molecule has 0 spiro atoms. The summed E-state index contributed by atoms with van der Waals surface area (Å²) in [4.78, 5) is 14.0. The van der Waals surface area contributed by atoms with Crippen molar-refractivity contribution in [2.45, 2.75) is 18.9 Å². The van der Waals surface area contributed by atoms with Crippen LogP contribution in [0.25, 0.3) is 0 Å². The molecular formula is C19H21NO2. The number of aliphatic carboxylic acids is 1. The standard InChI is InChI=1S/C19H21NO2/c21-19(22)17-11-12-20(13-15-7-3-1-4-8-15)14-18(17)16-9-5-2-6-10-16/h1-10,17-18H,11-14H2,(H,21,22)/t17-,18-/m1/s1. The number of carboxylic acid groups (broad SMARTS) is 1. The molecule has 1 fully saturated rings. The lowest BCUT2D eigenvalue weighted by Gasteiger charge is -2.37. The van der Waals surface area contributed by atoms with Crippen LogP contribution in [0, 0.1) is 5.92 Å². The molecule has 114 valence electrons. The molecule has 1 saturated heterocycles. The fourth-order valence-electron chi connectivity index (χ4n) is 3.34. The molecule has 1 aliphatic rings. The normalized spacial score (nSPS) is 22.4. The second kappa shape index (κ2) is 6.75. The SMILES string of the molecule is O=C(O)[C@@H]1CCN(Cc2ccccc2)C[C@@H]1c1ccccc1. The van der Waals surface area contributed by atoms with E-state index < -0.39 is 5.97 Å². The van der Waals surface area contributed by atoms with Crippen molar-refractivity contribution >= 4 is 5.97 Å². The Bertz CT molecular complexity index is 612. The highest BCUT2D eigenvalue weighted by Gasteiger charge is 2.34. The Morgan fingerprint density at radius 1 is 1.05 bits per heavy atom. The van der Waals surface area contributed by atoms with Gasteiger partial charge in [-0.05, 0) is 24.1 Å². The molecule has 3 nitrogen and oxygen atoms in total. The minimum absolute atomic E-state index is 0.0659. The molecule has 1 aliphatic heterocycles. The Balaban J connectivity index is 1.77. The number of carbonyl (C=O) groups is 1. The van der Waals surface area contributed by atoms with Gasteiger partial charge in [-0.25, -0.2) is 0 Å². The van der Waals surface area contributed by atoms with Crippen molar-refractivity contribution in [1.82, 2.24) is 4.90 Å². The van der Waals surface area contributed by atoms with Gasteiger partial charge in [0.05, 0.1) is 5.92 Å². The minimum atomic E-state index is -0.673. The summed E-state index contributed by atoms with van der Waals surface area (Å²) in [6.45, 7) is 2.53. The van der Waals surface area contributed by atoms with Crippen LogP contribution >= 0.6 is 0 Å². The summed E-state index contributed by atoms with van der Waals surface area (Å²) < 4.78 is 0. The molecule has 0 bridgehead atoms. The molecule has 22 heavy (non-hydrogen) atoms. The largest absolute Gasteiger partial charge is 0.481 e. The first kappa shape index (κ1) is 14.8. The van der Waals surface area contributed by atoms with Crippen LogP contribution in [-0.2, 0) is 11.3 Å². The van der Waals surface area contributed by atoms with Gasteiger partial charge in [0, 0.05) is 19.0 Å². The van der Waals surface area contributed by atoms with Crippen LogP contribution in [0.5, 0.6) is 0 Å². The van der Waals surface area contributed by atoms with Gasteiger partial charge in [-0.15, -0.1) is 0 Å². The zero-order valence-electron chi connectivity index (χ0n) is 12.6. The van der Waals surface area contributed by atoms with Gasteiger partial charge in [-0.2, -0.15) is 0 Å². The average molecular weight is 295 g/mol. The fraction of sp³-hybridized carbons (Fsp3) is 0.316. The van der Waals surface area contributed by atoms with Crippen molar-refractivity contribution in [3.63, 3.8) is 0 Å². The number of hydrogen-bond acceptors (Lipinski definition) is 2. The molecule has 1 N–H and O–H groups in total. The highest BCUT2D eigenvalue weighted by Crippen LogP contribution is 2.33. The molecular weight excluding hydrogens is 274 g/mol. The van der Waals surface area contributed by atoms with Gasteiger partial charge in [0.25, 0.3) is 0 Å². The molecule has 2 atom stereocenters. The second-order valence-electron chi connectivity index (χ2n) is 5.97. The third-order valence-electron chi connectivity index (χ3n) is 4.49. The monoisotopic (exact) mass is 295 g/mol. The Morgan fingerprint density at radius 3 is 2.32 bits per heavy atom. The first-order valence-corrected chi connectivity index (χ1v) is 7.78. The summed E-state index contributed by atoms with van der Waals surface area (Å²) in [5.41, 5.74) is 2.41. The van der Waals surface area contributed by atoms with Crippen molar-refractivity contribution in [2.75, 3.05) is 13.1 Å². The van der Waals surface area contributed by atoms with E-state index in [0.29, 0.717) is 6.42 Å². The van der Waals surface area contributed by atoms with Crippen molar-refractivity contribution in [3.8, 4) is 0 Å². The van der Waals surface area contributed by atoms with Crippen LogP contribution < -0.4 is 0 Å². The summed E-state index contributed by atoms with van der Waals surface area (Å²) >= 11 is 0. The number of likely N-dealkylation sites (tertiary alicyclic amines) is 1. The number of piperidine rings is 1. The van der Waals surface area contributed by atoms with Crippen molar-refractivity contribution < 1.29 is 9.90 Å². The number of nitrogens with zero attached hydrogens (tertiary/aromatic N) is 1. The zero-order chi connectivity index (χ0) is 15.4. The maximum absolute atomic E-state index is 11.6. The molecule has 0 unspecified atom stereocenters. The van der Waals surface area contributed by atoms with Crippen LogP contribution in [0.4, 0.5) is 0 Å². The summed E-state index contributed by atoms with van der Waals surface area (Å²) in [5.74, 6) is -0.890. The van der Waals surface area contributed by atoms with E-state index in [1.165, 1.54) is 5.56 Å². The Hall–Kier alpha value is -2.13. The van der Waals surface area contributed by atoms with Crippen molar-refractivity contribution in [3.05, 3.63) is 71.8 Å².